The topological polar surface area (TPSA) is 61.8 Å². The van der Waals surface area contributed by atoms with E-state index in [1.807, 2.05) is 0 Å². The highest BCUT2D eigenvalue weighted by atomic mass is 16.6. The Labute approximate surface area is 136 Å². The van der Waals surface area contributed by atoms with Gasteiger partial charge in [0.25, 0.3) is 0 Å². The van der Waals surface area contributed by atoms with Crippen molar-refractivity contribution in [2.24, 2.45) is 0 Å². The molecule has 0 rings (SSSR count). The largest absolute Gasteiger partial charge is 0.450 e. The molecule has 0 N–H and O–H groups in total. The Bertz CT molecular complexity index is 537. The van der Waals surface area contributed by atoms with Gasteiger partial charge in [0.1, 0.15) is 0 Å². The number of esters is 2. The first-order valence-electron chi connectivity index (χ1n) is 6.99. The van der Waals surface area contributed by atoms with Crippen molar-refractivity contribution in [1.82, 2.24) is 0 Å². The zero-order chi connectivity index (χ0) is 17.8. The van der Waals surface area contributed by atoms with Gasteiger partial charge in [-0.25, -0.2) is 9.59 Å². The van der Waals surface area contributed by atoms with Crippen molar-refractivity contribution < 1.29 is 23.8 Å². The zero-order valence-corrected chi connectivity index (χ0v) is 13.9. The minimum atomic E-state index is -0.604. The van der Waals surface area contributed by atoms with Crippen molar-refractivity contribution in [1.29, 1.82) is 0 Å². The second kappa shape index (κ2) is 10.8. The summed E-state index contributed by atoms with van der Waals surface area (Å²) in [6.07, 6.45) is 8.51. The lowest BCUT2D eigenvalue weighted by molar-refractivity contribution is -0.134. The maximum atomic E-state index is 11.4. The molecule has 0 saturated carbocycles. The van der Waals surface area contributed by atoms with Crippen LogP contribution in [0, 0.1) is 0 Å². The van der Waals surface area contributed by atoms with Crippen LogP contribution in [-0.2, 0) is 23.8 Å². The van der Waals surface area contributed by atoms with E-state index in [2.05, 4.69) is 13.2 Å². The average molecular weight is 318 g/mol. The molecule has 0 aromatic heterocycles. The summed E-state index contributed by atoms with van der Waals surface area (Å²) >= 11 is 0. The third-order valence-electron chi connectivity index (χ3n) is 2.51. The SMILES string of the molecule is C=CC(=O)OC(=CC)C(=CC)OC(=CC)C(=CC)OC(=O)C=C. The zero-order valence-electron chi connectivity index (χ0n) is 13.9. The molecule has 0 fully saturated rings. The molecule has 0 atom stereocenters. The molecular formula is C18H22O5. The molecule has 124 valence electrons. The van der Waals surface area contributed by atoms with Crippen LogP contribution in [0.3, 0.4) is 0 Å². The van der Waals surface area contributed by atoms with Gasteiger partial charge in [0.15, 0.2) is 23.0 Å². The van der Waals surface area contributed by atoms with E-state index in [9.17, 15) is 9.59 Å². The van der Waals surface area contributed by atoms with Crippen LogP contribution in [0.4, 0.5) is 0 Å². The molecule has 0 radical (unpaired) electrons. The van der Waals surface area contributed by atoms with E-state index in [1.165, 1.54) is 0 Å². The quantitative estimate of drug-likeness (QED) is 0.292. The predicted octanol–water partition coefficient (Wildman–Crippen LogP) is 4.08. The Morgan fingerprint density at radius 1 is 0.609 bits per heavy atom. The van der Waals surface area contributed by atoms with Gasteiger partial charge in [-0.2, -0.15) is 0 Å². The number of allylic oxidation sites excluding steroid dienone is 4. The predicted molar refractivity (Wildman–Crippen MR) is 88.7 cm³/mol. The highest BCUT2D eigenvalue weighted by Crippen LogP contribution is 2.23. The summed E-state index contributed by atoms with van der Waals surface area (Å²) in [4.78, 5) is 22.7. The Kier molecular flexibility index (Phi) is 9.51. The molecule has 0 aromatic carbocycles. The van der Waals surface area contributed by atoms with Crippen LogP contribution in [-0.4, -0.2) is 11.9 Å². The number of hydrogen-bond acceptors (Lipinski definition) is 5. The molecule has 5 nitrogen and oxygen atoms in total. The number of hydrogen-bond donors (Lipinski definition) is 0. The highest BCUT2D eigenvalue weighted by molar-refractivity contribution is 5.83. The molecule has 0 aliphatic rings. The Balaban J connectivity index is 5.35. The summed E-state index contributed by atoms with van der Waals surface area (Å²) in [5, 5.41) is 0. The second-order valence-corrected chi connectivity index (χ2v) is 3.96. The standard InChI is InChI=1S/C18H22O5/c1-7-13(15(9-3)22-17(19)11-5)21-14(8-2)16(10-4)23-18(20)12-6/h7-12H,5-6H2,1-4H3. The maximum Gasteiger partial charge on any atom is 0.335 e. The van der Waals surface area contributed by atoms with Gasteiger partial charge < -0.3 is 14.2 Å². The van der Waals surface area contributed by atoms with Crippen LogP contribution in [0.25, 0.3) is 0 Å². The van der Waals surface area contributed by atoms with Crippen LogP contribution in [0.2, 0.25) is 0 Å². The van der Waals surface area contributed by atoms with Crippen molar-refractivity contribution in [3.63, 3.8) is 0 Å². The summed E-state index contributed by atoms with van der Waals surface area (Å²) in [6, 6.07) is 0. The fourth-order valence-electron chi connectivity index (χ4n) is 1.42. The molecule has 0 saturated heterocycles. The second-order valence-electron chi connectivity index (χ2n) is 3.96. The molecule has 0 heterocycles. The number of rotatable bonds is 8. The molecule has 0 amide bonds. The molecule has 0 aliphatic carbocycles. The summed E-state index contributed by atoms with van der Waals surface area (Å²) < 4.78 is 15.9. The minimum Gasteiger partial charge on any atom is -0.450 e. The van der Waals surface area contributed by atoms with Crippen molar-refractivity contribution in [3.8, 4) is 0 Å². The minimum absolute atomic E-state index is 0.224. The molecule has 0 bridgehead atoms. The third kappa shape index (κ3) is 6.65. The normalized spacial score (nSPS) is 13.2. The van der Waals surface area contributed by atoms with E-state index in [4.69, 9.17) is 14.2 Å². The van der Waals surface area contributed by atoms with Gasteiger partial charge in [-0.1, -0.05) is 13.2 Å². The van der Waals surface area contributed by atoms with Gasteiger partial charge in [-0.3, -0.25) is 0 Å². The van der Waals surface area contributed by atoms with Crippen molar-refractivity contribution in [2.45, 2.75) is 27.7 Å². The molecule has 23 heavy (non-hydrogen) atoms. The van der Waals surface area contributed by atoms with Gasteiger partial charge in [0.05, 0.1) is 0 Å². The lowest BCUT2D eigenvalue weighted by Crippen LogP contribution is -2.09. The fraction of sp³-hybridized carbons (Fsp3) is 0.222. The summed E-state index contributed by atoms with van der Waals surface area (Å²) in [7, 11) is 0. The summed E-state index contributed by atoms with van der Waals surface area (Å²) in [5.41, 5.74) is 0. The summed E-state index contributed by atoms with van der Waals surface area (Å²) in [6.45, 7) is 13.5. The van der Waals surface area contributed by atoms with Crippen molar-refractivity contribution in [3.05, 3.63) is 72.7 Å². The lowest BCUT2D eigenvalue weighted by Gasteiger charge is -2.16. The Morgan fingerprint density at radius 2 is 0.870 bits per heavy atom. The van der Waals surface area contributed by atoms with Crippen LogP contribution < -0.4 is 0 Å². The highest BCUT2D eigenvalue weighted by Gasteiger charge is 2.16. The van der Waals surface area contributed by atoms with E-state index >= 15 is 0 Å². The van der Waals surface area contributed by atoms with Gasteiger partial charge >= 0.3 is 11.9 Å². The first-order valence-corrected chi connectivity index (χ1v) is 6.99. The van der Waals surface area contributed by atoms with Gasteiger partial charge in [-0.05, 0) is 52.0 Å². The number of carbonyl (C=O) groups is 2. The van der Waals surface area contributed by atoms with Crippen LogP contribution >= 0.6 is 0 Å². The molecule has 0 aliphatic heterocycles. The number of carbonyl (C=O) groups excluding carboxylic acids is 2. The maximum absolute atomic E-state index is 11.4. The van der Waals surface area contributed by atoms with E-state index in [0.717, 1.165) is 12.2 Å². The third-order valence-corrected chi connectivity index (χ3v) is 2.51. The average Bonchev–Trinajstić information content (AvgIpc) is 2.58. The molecule has 5 heteroatoms. The van der Waals surface area contributed by atoms with Gasteiger partial charge in [0, 0.05) is 12.2 Å². The van der Waals surface area contributed by atoms with E-state index in [1.54, 1.807) is 52.0 Å². The first kappa shape index (κ1) is 20.2. The van der Waals surface area contributed by atoms with E-state index < -0.39 is 11.9 Å². The van der Waals surface area contributed by atoms with Crippen molar-refractivity contribution >= 4 is 11.9 Å². The van der Waals surface area contributed by atoms with E-state index in [0.29, 0.717) is 11.5 Å². The van der Waals surface area contributed by atoms with Crippen molar-refractivity contribution in [2.75, 3.05) is 0 Å². The van der Waals surface area contributed by atoms with Gasteiger partial charge in [0.2, 0.25) is 0 Å². The fourth-order valence-corrected chi connectivity index (χ4v) is 1.42. The molecular weight excluding hydrogens is 296 g/mol. The molecule has 0 aromatic rings. The smallest absolute Gasteiger partial charge is 0.335 e. The molecule has 0 unspecified atom stereocenters. The van der Waals surface area contributed by atoms with Gasteiger partial charge in [-0.15, -0.1) is 0 Å². The van der Waals surface area contributed by atoms with Crippen LogP contribution in [0.15, 0.2) is 72.7 Å². The first-order chi connectivity index (χ1) is 11.0. The monoisotopic (exact) mass is 318 g/mol. The van der Waals surface area contributed by atoms with Crippen LogP contribution in [0.5, 0.6) is 0 Å². The Hall–Kier alpha value is -2.82. The van der Waals surface area contributed by atoms with Crippen LogP contribution in [0.1, 0.15) is 27.7 Å². The summed E-state index contributed by atoms with van der Waals surface area (Å²) in [5.74, 6) is -0.168. The lowest BCUT2D eigenvalue weighted by atomic mass is 10.3. The van der Waals surface area contributed by atoms with E-state index in [-0.39, 0.29) is 11.5 Å². The number of ether oxygens (including phenoxy) is 3. The Morgan fingerprint density at radius 3 is 1.09 bits per heavy atom. The molecule has 0 spiro atoms.